The van der Waals surface area contributed by atoms with E-state index in [0.717, 1.165) is 18.0 Å². The first-order valence-corrected chi connectivity index (χ1v) is 8.07. The lowest BCUT2D eigenvalue weighted by molar-refractivity contribution is 0.542. The number of thiazole rings is 1. The lowest BCUT2D eigenvalue weighted by Gasteiger charge is -2.14. The van der Waals surface area contributed by atoms with Crippen LogP contribution in [0.2, 0.25) is 0 Å². The number of hydrogen-bond acceptors (Lipinski definition) is 4. The molecule has 2 rings (SSSR count). The number of rotatable bonds is 5. The Balaban J connectivity index is 2.12. The average Bonchev–Trinajstić information content (AvgIpc) is 2.87. The van der Waals surface area contributed by atoms with Crippen molar-refractivity contribution in [1.82, 2.24) is 10.3 Å². The van der Waals surface area contributed by atoms with E-state index in [-0.39, 0.29) is 0 Å². The molecule has 0 bridgehead atoms. The zero-order valence-electron chi connectivity index (χ0n) is 9.87. The summed E-state index contributed by atoms with van der Waals surface area (Å²) >= 11 is 7.02. The molecular weight excluding hydrogens is 316 g/mol. The van der Waals surface area contributed by atoms with Gasteiger partial charge in [0.1, 0.15) is 0 Å². The summed E-state index contributed by atoms with van der Waals surface area (Å²) in [6.45, 7) is 5.16. The first kappa shape index (κ1) is 13.2. The van der Waals surface area contributed by atoms with E-state index in [1.165, 1.54) is 14.4 Å². The summed E-state index contributed by atoms with van der Waals surface area (Å²) in [5, 5.41) is 6.80. The van der Waals surface area contributed by atoms with Crippen LogP contribution in [0.1, 0.15) is 28.5 Å². The quantitative estimate of drug-likeness (QED) is 0.889. The number of nitrogens with zero attached hydrogens (tertiary/aromatic N) is 1. The maximum absolute atomic E-state index is 4.58. The van der Waals surface area contributed by atoms with Gasteiger partial charge in [-0.3, -0.25) is 0 Å². The summed E-state index contributed by atoms with van der Waals surface area (Å²) in [6.07, 6.45) is 1.01. The van der Waals surface area contributed by atoms with Crippen LogP contribution < -0.4 is 5.32 Å². The fourth-order valence-corrected chi connectivity index (χ4v) is 3.93. The summed E-state index contributed by atoms with van der Waals surface area (Å²) in [7, 11) is 0. The minimum absolute atomic E-state index is 0.329. The Bertz CT molecular complexity index is 478. The first-order chi connectivity index (χ1) is 8.19. The van der Waals surface area contributed by atoms with Crippen molar-refractivity contribution in [3.8, 4) is 0 Å². The second-order valence-corrected chi connectivity index (χ2v) is 7.42. The highest BCUT2D eigenvalue weighted by atomic mass is 79.9. The Morgan fingerprint density at radius 3 is 2.82 bits per heavy atom. The molecule has 5 heteroatoms. The molecule has 2 aromatic rings. The molecule has 2 aromatic heterocycles. The van der Waals surface area contributed by atoms with Crippen LogP contribution in [0.3, 0.4) is 0 Å². The number of aryl methyl sites for hydroxylation is 1. The van der Waals surface area contributed by atoms with Gasteiger partial charge in [0.2, 0.25) is 0 Å². The predicted molar refractivity (Wildman–Crippen MR) is 79.0 cm³/mol. The molecule has 0 aliphatic carbocycles. The smallest absolute Gasteiger partial charge is 0.0898 e. The van der Waals surface area contributed by atoms with Crippen molar-refractivity contribution < 1.29 is 0 Å². The molecule has 1 unspecified atom stereocenters. The highest BCUT2D eigenvalue weighted by Gasteiger charge is 2.15. The summed E-state index contributed by atoms with van der Waals surface area (Å²) in [5.74, 6) is 0. The van der Waals surface area contributed by atoms with E-state index in [9.17, 15) is 0 Å². The van der Waals surface area contributed by atoms with E-state index >= 15 is 0 Å². The first-order valence-electron chi connectivity index (χ1n) is 5.58. The van der Waals surface area contributed by atoms with Gasteiger partial charge in [0.15, 0.2) is 0 Å². The van der Waals surface area contributed by atoms with Gasteiger partial charge in [-0.25, -0.2) is 4.98 Å². The average molecular weight is 331 g/mol. The Hall–Kier alpha value is -0.230. The van der Waals surface area contributed by atoms with Gasteiger partial charge >= 0.3 is 0 Å². The van der Waals surface area contributed by atoms with E-state index in [1.807, 2.05) is 0 Å². The molecule has 0 aliphatic rings. The van der Waals surface area contributed by atoms with E-state index < -0.39 is 0 Å². The standard InChI is InChI=1S/C12H15BrN2S2/c1-3-14-10(11-7-16-8(2)15-11)6-9-4-5-12(13)17-9/h4-5,7,10,14H,3,6H2,1-2H3. The topological polar surface area (TPSA) is 24.9 Å². The maximum atomic E-state index is 4.58. The molecular formula is C12H15BrN2S2. The second kappa shape index (κ2) is 6.09. The van der Waals surface area contributed by atoms with E-state index in [1.54, 1.807) is 22.7 Å². The van der Waals surface area contributed by atoms with Gasteiger partial charge in [-0.1, -0.05) is 6.92 Å². The SMILES string of the molecule is CCNC(Cc1ccc(Br)s1)c1csc(C)n1. The molecule has 0 aromatic carbocycles. The number of hydrogen-bond donors (Lipinski definition) is 1. The van der Waals surface area contributed by atoms with E-state index in [0.29, 0.717) is 6.04 Å². The predicted octanol–water partition coefficient (Wildman–Crippen LogP) is 4.17. The van der Waals surface area contributed by atoms with Crippen LogP contribution in [0.15, 0.2) is 21.3 Å². The van der Waals surface area contributed by atoms with Gasteiger partial charge in [-0.15, -0.1) is 22.7 Å². The minimum Gasteiger partial charge on any atom is -0.309 e. The zero-order valence-corrected chi connectivity index (χ0v) is 13.1. The fourth-order valence-electron chi connectivity index (χ4n) is 1.73. The largest absolute Gasteiger partial charge is 0.309 e. The maximum Gasteiger partial charge on any atom is 0.0898 e. The third kappa shape index (κ3) is 3.61. The number of halogens is 1. The monoisotopic (exact) mass is 330 g/mol. The molecule has 0 spiro atoms. The van der Waals surface area contributed by atoms with Crippen molar-refractivity contribution in [2.75, 3.05) is 6.54 Å². The lowest BCUT2D eigenvalue weighted by Crippen LogP contribution is -2.22. The van der Waals surface area contributed by atoms with Gasteiger partial charge in [-0.05, 0) is 41.5 Å². The van der Waals surface area contributed by atoms with Crippen molar-refractivity contribution >= 4 is 38.6 Å². The Morgan fingerprint density at radius 2 is 2.29 bits per heavy atom. The van der Waals surface area contributed by atoms with Gasteiger partial charge in [0, 0.05) is 16.7 Å². The Kier molecular flexibility index (Phi) is 4.73. The second-order valence-electron chi connectivity index (χ2n) is 3.81. The molecule has 2 nitrogen and oxygen atoms in total. The van der Waals surface area contributed by atoms with Gasteiger partial charge < -0.3 is 5.32 Å². The highest BCUT2D eigenvalue weighted by molar-refractivity contribution is 9.11. The van der Waals surface area contributed by atoms with Crippen LogP contribution in [0.25, 0.3) is 0 Å². The summed E-state index contributed by atoms with van der Waals surface area (Å²) in [5.41, 5.74) is 1.17. The molecule has 0 saturated heterocycles. The number of nitrogens with one attached hydrogen (secondary N) is 1. The summed E-state index contributed by atoms with van der Waals surface area (Å²) in [6, 6.07) is 4.61. The molecule has 2 heterocycles. The van der Waals surface area contributed by atoms with Gasteiger partial charge in [0.05, 0.1) is 20.5 Å². The van der Waals surface area contributed by atoms with E-state index in [2.05, 4.69) is 57.6 Å². The van der Waals surface area contributed by atoms with Crippen LogP contribution in [0, 0.1) is 6.92 Å². The van der Waals surface area contributed by atoms with Crippen molar-refractivity contribution in [3.63, 3.8) is 0 Å². The Labute approximate surface area is 118 Å². The van der Waals surface area contributed by atoms with E-state index in [4.69, 9.17) is 0 Å². The highest BCUT2D eigenvalue weighted by Crippen LogP contribution is 2.27. The number of aromatic nitrogens is 1. The third-order valence-corrected chi connectivity index (χ3v) is 4.92. The molecule has 0 aliphatic heterocycles. The molecule has 0 amide bonds. The number of thiophene rings is 1. The molecule has 17 heavy (non-hydrogen) atoms. The van der Waals surface area contributed by atoms with Crippen molar-refractivity contribution in [2.45, 2.75) is 26.3 Å². The molecule has 1 N–H and O–H groups in total. The number of likely N-dealkylation sites (N-methyl/N-ethyl adjacent to an activating group) is 1. The van der Waals surface area contributed by atoms with Crippen LogP contribution in [-0.4, -0.2) is 11.5 Å². The van der Waals surface area contributed by atoms with Crippen LogP contribution in [0.5, 0.6) is 0 Å². The fraction of sp³-hybridized carbons (Fsp3) is 0.417. The lowest BCUT2D eigenvalue weighted by atomic mass is 10.1. The molecule has 92 valence electrons. The summed E-state index contributed by atoms with van der Waals surface area (Å²) in [4.78, 5) is 5.96. The van der Waals surface area contributed by atoms with Crippen LogP contribution in [-0.2, 0) is 6.42 Å². The molecule has 1 atom stereocenters. The molecule has 0 radical (unpaired) electrons. The van der Waals surface area contributed by atoms with Crippen molar-refractivity contribution in [2.24, 2.45) is 0 Å². The Morgan fingerprint density at radius 1 is 1.47 bits per heavy atom. The van der Waals surface area contributed by atoms with Gasteiger partial charge in [0.25, 0.3) is 0 Å². The van der Waals surface area contributed by atoms with Crippen LogP contribution >= 0.6 is 38.6 Å². The van der Waals surface area contributed by atoms with Crippen molar-refractivity contribution in [3.05, 3.63) is 36.9 Å². The zero-order chi connectivity index (χ0) is 12.3. The van der Waals surface area contributed by atoms with Gasteiger partial charge in [-0.2, -0.15) is 0 Å². The normalized spacial score (nSPS) is 12.9. The van der Waals surface area contributed by atoms with Crippen molar-refractivity contribution in [1.29, 1.82) is 0 Å². The molecule has 0 fully saturated rings. The minimum atomic E-state index is 0.329. The van der Waals surface area contributed by atoms with Crippen LogP contribution in [0.4, 0.5) is 0 Å². The molecule has 0 saturated carbocycles. The third-order valence-electron chi connectivity index (χ3n) is 2.48. The summed E-state index contributed by atoms with van der Waals surface area (Å²) < 4.78 is 1.19.